The van der Waals surface area contributed by atoms with Gasteiger partial charge in [-0.1, -0.05) is 38.0 Å². The summed E-state index contributed by atoms with van der Waals surface area (Å²) >= 11 is 0. The first-order valence-electron chi connectivity index (χ1n) is 6.33. The van der Waals surface area contributed by atoms with E-state index in [4.69, 9.17) is 4.74 Å². The molecule has 0 fully saturated rings. The molecule has 0 spiro atoms. The second-order valence-electron chi connectivity index (χ2n) is 5.00. The van der Waals surface area contributed by atoms with Crippen molar-refractivity contribution in [3.63, 3.8) is 0 Å². The van der Waals surface area contributed by atoms with Gasteiger partial charge in [0.15, 0.2) is 0 Å². The van der Waals surface area contributed by atoms with E-state index in [1.54, 1.807) is 6.08 Å². The molecule has 0 atom stereocenters. The number of unbranched alkanes of at least 4 members (excludes halogenated alkanes) is 4. The Kier molecular flexibility index (Phi) is 8.23. The lowest BCUT2D eigenvalue weighted by atomic mass is 10.2. The molecular formula is C15H24O2. The predicted octanol–water partition coefficient (Wildman–Crippen LogP) is 3.86. The third-order valence-electron chi connectivity index (χ3n) is 1.97. The topological polar surface area (TPSA) is 26.3 Å². The van der Waals surface area contributed by atoms with E-state index in [-0.39, 0.29) is 5.97 Å². The van der Waals surface area contributed by atoms with Gasteiger partial charge < -0.3 is 4.74 Å². The Balaban J connectivity index is 3.72. The number of carbonyl (C=O) groups is 1. The SMILES string of the molecule is CCCCCCC#C/C=C/C(=O)OC(C)(C)C. The van der Waals surface area contributed by atoms with Crippen LogP contribution in [-0.4, -0.2) is 11.6 Å². The van der Waals surface area contributed by atoms with E-state index in [9.17, 15) is 4.79 Å². The summed E-state index contributed by atoms with van der Waals surface area (Å²) in [6.07, 6.45) is 8.74. The van der Waals surface area contributed by atoms with Gasteiger partial charge in [-0.25, -0.2) is 4.79 Å². The smallest absolute Gasteiger partial charge is 0.331 e. The average Bonchev–Trinajstić information content (AvgIpc) is 2.19. The molecule has 0 N–H and O–H groups in total. The highest BCUT2D eigenvalue weighted by Crippen LogP contribution is 2.06. The minimum atomic E-state index is -0.436. The zero-order valence-corrected chi connectivity index (χ0v) is 11.5. The number of allylic oxidation sites excluding steroid dienone is 1. The van der Waals surface area contributed by atoms with Gasteiger partial charge in [-0.15, -0.1) is 0 Å². The Hall–Kier alpha value is -1.23. The second-order valence-corrected chi connectivity index (χ2v) is 5.00. The first-order valence-corrected chi connectivity index (χ1v) is 6.33. The van der Waals surface area contributed by atoms with E-state index in [0.29, 0.717) is 0 Å². The maximum absolute atomic E-state index is 11.3. The lowest BCUT2D eigenvalue weighted by Crippen LogP contribution is -2.22. The number of hydrogen-bond acceptors (Lipinski definition) is 2. The Labute approximate surface area is 105 Å². The fourth-order valence-electron chi connectivity index (χ4n) is 1.22. The van der Waals surface area contributed by atoms with Crippen LogP contribution in [0.3, 0.4) is 0 Å². The minimum absolute atomic E-state index is 0.335. The van der Waals surface area contributed by atoms with Crippen LogP contribution in [0.2, 0.25) is 0 Å². The van der Waals surface area contributed by atoms with E-state index in [0.717, 1.165) is 12.8 Å². The van der Waals surface area contributed by atoms with Crippen LogP contribution in [0.25, 0.3) is 0 Å². The monoisotopic (exact) mass is 236 g/mol. The van der Waals surface area contributed by atoms with Gasteiger partial charge in [0.1, 0.15) is 5.60 Å². The van der Waals surface area contributed by atoms with Crippen LogP contribution < -0.4 is 0 Å². The molecule has 0 aromatic carbocycles. The normalized spacial score (nSPS) is 11.1. The van der Waals surface area contributed by atoms with Crippen LogP contribution in [0, 0.1) is 11.8 Å². The summed E-state index contributed by atoms with van der Waals surface area (Å²) in [7, 11) is 0. The molecule has 0 aliphatic rings. The van der Waals surface area contributed by atoms with Gasteiger partial charge in [0.2, 0.25) is 0 Å². The molecule has 0 amide bonds. The Bertz CT molecular complexity index is 297. The number of carbonyl (C=O) groups excluding carboxylic acids is 1. The molecule has 0 aliphatic heterocycles. The molecule has 0 saturated heterocycles. The summed E-state index contributed by atoms with van der Waals surface area (Å²) in [5.41, 5.74) is -0.436. The van der Waals surface area contributed by atoms with Gasteiger partial charge in [0.25, 0.3) is 0 Å². The van der Waals surface area contributed by atoms with Crippen molar-refractivity contribution in [2.24, 2.45) is 0 Å². The Morgan fingerprint density at radius 3 is 2.53 bits per heavy atom. The van der Waals surface area contributed by atoms with Crippen LogP contribution in [0.5, 0.6) is 0 Å². The number of hydrogen-bond donors (Lipinski definition) is 0. The highest BCUT2D eigenvalue weighted by Gasteiger charge is 2.13. The predicted molar refractivity (Wildman–Crippen MR) is 71.5 cm³/mol. The molecule has 0 unspecified atom stereocenters. The number of esters is 1. The molecule has 0 radical (unpaired) electrons. The third kappa shape index (κ3) is 12.7. The maximum Gasteiger partial charge on any atom is 0.331 e. The van der Waals surface area contributed by atoms with E-state index < -0.39 is 5.60 Å². The Morgan fingerprint density at radius 1 is 1.24 bits per heavy atom. The fourth-order valence-corrected chi connectivity index (χ4v) is 1.22. The molecule has 0 rings (SSSR count). The maximum atomic E-state index is 11.3. The zero-order valence-electron chi connectivity index (χ0n) is 11.5. The molecule has 2 nitrogen and oxygen atoms in total. The van der Waals surface area contributed by atoms with Gasteiger partial charge in [0.05, 0.1) is 0 Å². The van der Waals surface area contributed by atoms with Gasteiger partial charge in [-0.2, -0.15) is 0 Å². The van der Waals surface area contributed by atoms with Crippen LogP contribution >= 0.6 is 0 Å². The van der Waals surface area contributed by atoms with Crippen LogP contribution in [0.1, 0.15) is 59.8 Å². The van der Waals surface area contributed by atoms with Crippen molar-refractivity contribution in [1.29, 1.82) is 0 Å². The quantitative estimate of drug-likeness (QED) is 0.313. The lowest BCUT2D eigenvalue weighted by molar-refractivity contribution is -0.148. The van der Waals surface area contributed by atoms with Crippen molar-refractivity contribution in [1.82, 2.24) is 0 Å². The number of rotatable bonds is 5. The molecule has 17 heavy (non-hydrogen) atoms. The van der Waals surface area contributed by atoms with Crippen molar-refractivity contribution < 1.29 is 9.53 Å². The first kappa shape index (κ1) is 15.8. The molecule has 0 bridgehead atoms. The molecule has 96 valence electrons. The van der Waals surface area contributed by atoms with Crippen LogP contribution in [0.4, 0.5) is 0 Å². The minimum Gasteiger partial charge on any atom is -0.457 e. The summed E-state index contributed by atoms with van der Waals surface area (Å²) < 4.78 is 5.10. The van der Waals surface area contributed by atoms with Crippen molar-refractivity contribution in [3.8, 4) is 11.8 Å². The second kappa shape index (κ2) is 8.87. The van der Waals surface area contributed by atoms with E-state index >= 15 is 0 Å². The largest absolute Gasteiger partial charge is 0.457 e. The zero-order chi connectivity index (χ0) is 13.1. The average molecular weight is 236 g/mol. The molecule has 0 aliphatic carbocycles. The standard InChI is InChI=1S/C15H24O2/c1-5-6-7-8-9-10-11-12-13-14(16)17-15(2,3)4/h12-13H,5-9H2,1-4H3/b13-12+. The summed E-state index contributed by atoms with van der Waals surface area (Å²) in [6.45, 7) is 7.73. The summed E-state index contributed by atoms with van der Waals surface area (Å²) in [5.74, 6) is 5.53. The van der Waals surface area contributed by atoms with E-state index in [2.05, 4.69) is 18.8 Å². The highest BCUT2D eigenvalue weighted by atomic mass is 16.6. The van der Waals surface area contributed by atoms with Crippen molar-refractivity contribution in [2.45, 2.75) is 65.4 Å². The fraction of sp³-hybridized carbons (Fsp3) is 0.667. The van der Waals surface area contributed by atoms with Crippen LogP contribution in [-0.2, 0) is 9.53 Å². The molecule has 0 aromatic heterocycles. The summed E-state index contributed by atoms with van der Waals surface area (Å²) in [6, 6.07) is 0. The van der Waals surface area contributed by atoms with Gasteiger partial charge in [-0.05, 0) is 33.3 Å². The van der Waals surface area contributed by atoms with E-state index in [1.165, 1.54) is 25.3 Å². The van der Waals surface area contributed by atoms with Crippen molar-refractivity contribution in [3.05, 3.63) is 12.2 Å². The van der Waals surface area contributed by atoms with Gasteiger partial charge in [-0.3, -0.25) is 0 Å². The van der Waals surface area contributed by atoms with Gasteiger partial charge >= 0.3 is 5.97 Å². The molecule has 2 heteroatoms. The third-order valence-corrected chi connectivity index (χ3v) is 1.97. The molecular weight excluding hydrogens is 212 g/mol. The molecule has 0 heterocycles. The van der Waals surface area contributed by atoms with Gasteiger partial charge in [0, 0.05) is 12.5 Å². The summed E-state index contributed by atoms with van der Waals surface area (Å²) in [5, 5.41) is 0. The van der Waals surface area contributed by atoms with Crippen molar-refractivity contribution in [2.75, 3.05) is 0 Å². The first-order chi connectivity index (χ1) is 7.95. The summed E-state index contributed by atoms with van der Waals surface area (Å²) in [4.78, 5) is 11.3. The Morgan fingerprint density at radius 2 is 1.94 bits per heavy atom. The van der Waals surface area contributed by atoms with Crippen LogP contribution in [0.15, 0.2) is 12.2 Å². The molecule has 0 aromatic rings. The highest BCUT2D eigenvalue weighted by molar-refractivity contribution is 5.82. The lowest BCUT2D eigenvalue weighted by Gasteiger charge is -2.17. The number of ether oxygens (including phenoxy) is 1. The van der Waals surface area contributed by atoms with E-state index in [1.807, 2.05) is 20.8 Å². The molecule has 0 saturated carbocycles. The van der Waals surface area contributed by atoms with Crippen molar-refractivity contribution >= 4 is 5.97 Å².